The molecule has 1 aliphatic rings. The number of piperidine rings is 1. The molecule has 0 aromatic carbocycles. The maximum atomic E-state index is 10.8. The van der Waals surface area contributed by atoms with E-state index in [0.717, 1.165) is 32.5 Å². The molecule has 1 N–H and O–H groups in total. The third kappa shape index (κ3) is 3.35. The van der Waals surface area contributed by atoms with Crippen molar-refractivity contribution in [3.8, 4) is 0 Å². The molecule has 76 valence electrons. The van der Waals surface area contributed by atoms with Crippen LogP contribution in [0.1, 0.15) is 26.7 Å². The average molecular weight is 185 g/mol. The van der Waals surface area contributed by atoms with Gasteiger partial charge in [-0.05, 0) is 25.3 Å². The van der Waals surface area contributed by atoms with E-state index in [2.05, 4.69) is 18.7 Å². The molecule has 13 heavy (non-hydrogen) atoms. The van der Waals surface area contributed by atoms with Gasteiger partial charge < -0.3 is 10.0 Å². The lowest BCUT2D eigenvalue weighted by Crippen LogP contribution is -2.40. The Kier molecular flexibility index (Phi) is 3.72. The second kappa shape index (κ2) is 4.61. The molecule has 1 atom stereocenters. The highest BCUT2D eigenvalue weighted by Gasteiger charge is 2.25. The van der Waals surface area contributed by atoms with Crippen molar-refractivity contribution < 1.29 is 9.90 Å². The summed E-state index contributed by atoms with van der Waals surface area (Å²) in [7, 11) is 0. The minimum absolute atomic E-state index is 0.132. The molecule has 1 fully saturated rings. The largest absolute Gasteiger partial charge is 0.481 e. The molecule has 1 heterocycles. The molecule has 0 saturated carbocycles. The normalized spacial score (nSPS) is 25.0. The van der Waals surface area contributed by atoms with E-state index in [9.17, 15) is 4.79 Å². The number of carboxylic acids is 1. The lowest BCUT2D eigenvalue weighted by molar-refractivity contribution is -0.143. The van der Waals surface area contributed by atoms with Gasteiger partial charge in [-0.15, -0.1) is 0 Å². The quantitative estimate of drug-likeness (QED) is 0.723. The number of hydrogen-bond donors (Lipinski definition) is 1. The Bertz CT molecular complexity index is 180. The van der Waals surface area contributed by atoms with Crippen LogP contribution in [0.25, 0.3) is 0 Å². The van der Waals surface area contributed by atoms with Crippen molar-refractivity contribution in [1.82, 2.24) is 4.90 Å². The summed E-state index contributed by atoms with van der Waals surface area (Å²) in [5.41, 5.74) is 0. The molecule has 1 saturated heterocycles. The number of carboxylic acid groups (broad SMARTS) is 1. The van der Waals surface area contributed by atoms with Crippen molar-refractivity contribution >= 4 is 5.97 Å². The third-order valence-corrected chi connectivity index (χ3v) is 2.48. The molecule has 0 aromatic heterocycles. The molecule has 0 bridgehead atoms. The van der Waals surface area contributed by atoms with Crippen molar-refractivity contribution in [2.45, 2.75) is 26.7 Å². The van der Waals surface area contributed by atoms with Gasteiger partial charge in [-0.25, -0.2) is 0 Å². The SMILES string of the molecule is CC(C)CN1CCC[C@@H](C(=O)O)C1. The van der Waals surface area contributed by atoms with Gasteiger partial charge in [0.2, 0.25) is 0 Å². The maximum absolute atomic E-state index is 10.8. The molecule has 3 heteroatoms. The molecule has 0 radical (unpaired) electrons. The predicted molar refractivity (Wildman–Crippen MR) is 51.6 cm³/mol. The fourth-order valence-electron chi connectivity index (χ4n) is 1.94. The van der Waals surface area contributed by atoms with Crippen LogP contribution in [0.4, 0.5) is 0 Å². The standard InChI is InChI=1S/C10H19NO2/c1-8(2)6-11-5-3-4-9(7-11)10(12)13/h8-9H,3-7H2,1-2H3,(H,12,13)/t9-/m1/s1. The Morgan fingerprint density at radius 1 is 1.62 bits per heavy atom. The van der Waals surface area contributed by atoms with Crippen LogP contribution < -0.4 is 0 Å². The summed E-state index contributed by atoms with van der Waals surface area (Å²) in [5.74, 6) is -0.131. The zero-order valence-electron chi connectivity index (χ0n) is 8.49. The number of rotatable bonds is 3. The van der Waals surface area contributed by atoms with E-state index in [-0.39, 0.29) is 5.92 Å². The molecule has 0 aromatic rings. The Morgan fingerprint density at radius 3 is 2.85 bits per heavy atom. The van der Waals surface area contributed by atoms with Crippen molar-refractivity contribution in [1.29, 1.82) is 0 Å². The zero-order valence-corrected chi connectivity index (χ0v) is 8.49. The average Bonchev–Trinajstić information content (AvgIpc) is 2.03. The number of carbonyl (C=O) groups is 1. The first-order chi connectivity index (χ1) is 6.09. The lowest BCUT2D eigenvalue weighted by Gasteiger charge is -2.31. The second-order valence-electron chi connectivity index (χ2n) is 4.33. The molecule has 0 spiro atoms. The molecule has 0 aliphatic carbocycles. The lowest BCUT2D eigenvalue weighted by atomic mass is 9.97. The fourth-order valence-corrected chi connectivity index (χ4v) is 1.94. The molecule has 0 unspecified atom stereocenters. The van der Waals surface area contributed by atoms with Crippen LogP contribution in [-0.2, 0) is 4.79 Å². The summed E-state index contributed by atoms with van der Waals surface area (Å²) in [4.78, 5) is 13.0. The summed E-state index contributed by atoms with van der Waals surface area (Å²) in [6.45, 7) is 7.19. The smallest absolute Gasteiger partial charge is 0.307 e. The van der Waals surface area contributed by atoms with Crippen LogP contribution in [0, 0.1) is 11.8 Å². The summed E-state index contributed by atoms with van der Waals surface area (Å²) >= 11 is 0. The van der Waals surface area contributed by atoms with E-state index < -0.39 is 5.97 Å². The highest BCUT2D eigenvalue weighted by Crippen LogP contribution is 2.17. The van der Waals surface area contributed by atoms with Crippen LogP contribution in [0.3, 0.4) is 0 Å². The number of nitrogens with zero attached hydrogens (tertiary/aromatic N) is 1. The van der Waals surface area contributed by atoms with E-state index >= 15 is 0 Å². The molecule has 3 nitrogen and oxygen atoms in total. The topological polar surface area (TPSA) is 40.5 Å². The number of hydrogen-bond acceptors (Lipinski definition) is 2. The van der Waals surface area contributed by atoms with Crippen LogP contribution in [0.2, 0.25) is 0 Å². The number of aliphatic carboxylic acids is 1. The Labute approximate surface area is 79.7 Å². The summed E-state index contributed by atoms with van der Waals surface area (Å²) in [6, 6.07) is 0. The van der Waals surface area contributed by atoms with Crippen LogP contribution >= 0.6 is 0 Å². The van der Waals surface area contributed by atoms with Gasteiger partial charge in [0.1, 0.15) is 0 Å². The van der Waals surface area contributed by atoms with E-state index in [4.69, 9.17) is 5.11 Å². The second-order valence-corrected chi connectivity index (χ2v) is 4.33. The van der Waals surface area contributed by atoms with Crippen molar-refractivity contribution in [2.24, 2.45) is 11.8 Å². The van der Waals surface area contributed by atoms with Gasteiger partial charge in [0, 0.05) is 13.1 Å². The minimum atomic E-state index is -0.631. The van der Waals surface area contributed by atoms with Gasteiger partial charge in [-0.1, -0.05) is 13.8 Å². The summed E-state index contributed by atoms with van der Waals surface area (Å²) < 4.78 is 0. The summed E-state index contributed by atoms with van der Waals surface area (Å²) in [6.07, 6.45) is 1.88. The van der Waals surface area contributed by atoms with Gasteiger partial charge in [0.15, 0.2) is 0 Å². The first-order valence-electron chi connectivity index (χ1n) is 5.04. The van der Waals surface area contributed by atoms with Gasteiger partial charge in [0.25, 0.3) is 0 Å². The molecular weight excluding hydrogens is 166 g/mol. The number of likely N-dealkylation sites (tertiary alicyclic amines) is 1. The highest BCUT2D eigenvalue weighted by atomic mass is 16.4. The zero-order chi connectivity index (χ0) is 9.84. The van der Waals surface area contributed by atoms with Crippen LogP contribution in [0.5, 0.6) is 0 Å². The van der Waals surface area contributed by atoms with Gasteiger partial charge in [0.05, 0.1) is 5.92 Å². The first kappa shape index (κ1) is 10.5. The van der Waals surface area contributed by atoms with Crippen LogP contribution in [0.15, 0.2) is 0 Å². The van der Waals surface area contributed by atoms with E-state index in [1.165, 1.54) is 0 Å². The first-order valence-corrected chi connectivity index (χ1v) is 5.04. The Morgan fingerprint density at radius 2 is 2.31 bits per heavy atom. The fraction of sp³-hybridized carbons (Fsp3) is 0.900. The van der Waals surface area contributed by atoms with Crippen molar-refractivity contribution in [2.75, 3.05) is 19.6 Å². The van der Waals surface area contributed by atoms with Gasteiger partial charge >= 0.3 is 5.97 Å². The third-order valence-electron chi connectivity index (χ3n) is 2.48. The predicted octanol–water partition coefficient (Wildman–Crippen LogP) is 1.44. The Hall–Kier alpha value is -0.570. The van der Waals surface area contributed by atoms with Crippen LogP contribution in [-0.4, -0.2) is 35.6 Å². The highest BCUT2D eigenvalue weighted by molar-refractivity contribution is 5.70. The molecular formula is C10H19NO2. The Balaban J connectivity index is 2.37. The maximum Gasteiger partial charge on any atom is 0.307 e. The van der Waals surface area contributed by atoms with E-state index in [0.29, 0.717) is 5.92 Å². The summed E-state index contributed by atoms with van der Waals surface area (Å²) in [5, 5.41) is 8.86. The molecule has 1 rings (SSSR count). The molecule has 1 aliphatic heterocycles. The monoisotopic (exact) mass is 185 g/mol. The van der Waals surface area contributed by atoms with Crippen molar-refractivity contribution in [3.63, 3.8) is 0 Å². The molecule has 0 amide bonds. The van der Waals surface area contributed by atoms with Gasteiger partial charge in [-0.2, -0.15) is 0 Å². The van der Waals surface area contributed by atoms with Crippen molar-refractivity contribution in [3.05, 3.63) is 0 Å². The van der Waals surface area contributed by atoms with E-state index in [1.807, 2.05) is 0 Å². The van der Waals surface area contributed by atoms with Gasteiger partial charge in [-0.3, -0.25) is 4.79 Å². The minimum Gasteiger partial charge on any atom is -0.481 e. The van der Waals surface area contributed by atoms with E-state index in [1.54, 1.807) is 0 Å².